The number of amides is 1. The molecule has 0 radical (unpaired) electrons. The summed E-state index contributed by atoms with van der Waals surface area (Å²) in [5, 5.41) is 12.6. The van der Waals surface area contributed by atoms with Gasteiger partial charge in [0.1, 0.15) is 5.60 Å². The fourth-order valence-corrected chi connectivity index (χ4v) is 1.67. The largest absolute Gasteiger partial charge is 0.444 e. The summed E-state index contributed by atoms with van der Waals surface area (Å²) in [7, 11) is 0. The lowest BCUT2D eigenvalue weighted by Gasteiger charge is -2.22. The van der Waals surface area contributed by atoms with E-state index in [1.165, 1.54) is 0 Å². The van der Waals surface area contributed by atoms with Crippen molar-refractivity contribution in [2.24, 2.45) is 0 Å². The number of hydrogen-bond donors (Lipinski definition) is 2. The molecule has 0 spiro atoms. The number of ether oxygens (including phenoxy) is 1. The van der Waals surface area contributed by atoms with Crippen LogP contribution in [0.2, 0.25) is 5.02 Å². The van der Waals surface area contributed by atoms with Gasteiger partial charge in [-0.25, -0.2) is 4.79 Å². The van der Waals surface area contributed by atoms with Crippen LogP contribution in [0, 0.1) is 0 Å². The molecule has 0 aliphatic carbocycles. The van der Waals surface area contributed by atoms with Crippen molar-refractivity contribution in [1.82, 2.24) is 5.32 Å². The van der Waals surface area contributed by atoms with Gasteiger partial charge in [0, 0.05) is 5.02 Å². The molecule has 1 rings (SSSR count). The van der Waals surface area contributed by atoms with Gasteiger partial charge in [-0.3, -0.25) is 0 Å². The minimum Gasteiger partial charge on any atom is -0.444 e. The first-order chi connectivity index (χ1) is 8.80. The molecule has 0 aromatic heterocycles. The maximum Gasteiger partial charge on any atom is 0.407 e. The summed E-state index contributed by atoms with van der Waals surface area (Å²) in [6.45, 7) is 5.22. The van der Waals surface area contributed by atoms with E-state index in [1.807, 2.05) is 12.1 Å². The van der Waals surface area contributed by atoms with Gasteiger partial charge in [-0.05, 0) is 44.9 Å². The molecule has 19 heavy (non-hydrogen) atoms. The zero-order valence-electron chi connectivity index (χ0n) is 11.4. The van der Waals surface area contributed by atoms with Gasteiger partial charge in [0.15, 0.2) is 0 Å². The molecule has 0 saturated carbocycles. The molecular weight excluding hydrogens is 266 g/mol. The summed E-state index contributed by atoms with van der Waals surface area (Å²) >= 11 is 5.80. The van der Waals surface area contributed by atoms with Gasteiger partial charge in [0.2, 0.25) is 0 Å². The quantitative estimate of drug-likeness (QED) is 0.894. The average Bonchev–Trinajstić information content (AvgIpc) is 2.28. The van der Waals surface area contributed by atoms with E-state index < -0.39 is 11.7 Å². The molecule has 2 N–H and O–H groups in total. The molecule has 0 saturated heterocycles. The highest BCUT2D eigenvalue weighted by Crippen LogP contribution is 2.12. The fourth-order valence-electron chi connectivity index (χ4n) is 1.54. The molecule has 1 amide bonds. The van der Waals surface area contributed by atoms with E-state index >= 15 is 0 Å². The summed E-state index contributed by atoms with van der Waals surface area (Å²) in [6, 6.07) is 6.90. The number of carbonyl (C=O) groups excluding carboxylic acids is 1. The number of carbonyl (C=O) groups is 1. The monoisotopic (exact) mass is 285 g/mol. The van der Waals surface area contributed by atoms with Crippen molar-refractivity contribution >= 4 is 17.7 Å². The molecule has 0 unspecified atom stereocenters. The van der Waals surface area contributed by atoms with Crippen molar-refractivity contribution in [2.45, 2.75) is 38.8 Å². The molecule has 0 bridgehead atoms. The van der Waals surface area contributed by atoms with Gasteiger partial charge >= 0.3 is 6.09 Å². The smallest absolute Gasteiger partial charge is 0.407 e. The van der Waals surface area contributed by atoms with Crippen LogP contribution in [-0.2, 0) is 11.2 Å². The van der Waals surface area contributed by atoms with E-state index in [2.05, 4.69) is 5.32 Å². The lowest BCUT2D eigenvalue weighted by molar-refractivity contribution is 0.0483. The highest BCUT2D eigenvalue weighted by molar-refractivity contribution is 6.30. The van der Waals surface area contributed by atoms with Gasteiger partial charge < -0.3 is 15.2 Å². The number of alkyl carbamates (subject to hydrolysis) is 1. The van der Waals surface area contributed by atoms with Crippen molar-refractivity contribution in [3.63, 3.8) is 0 Å². The Hall–Kier alpha value is -1.26. The summed E-state index contributed by atoms with van der Waals surface area (Å²) in [5.74, 6) is 0. The number of aliphatic hydroxyl groups excluding tert-OH is 1. The standard InChI is InChI=1S/C14H20ClNO3/c1-14(2,3)19-13(18)16-12(9-17)8-10-4-6-11(15)7-5-10/h4-7,12,17H,8-9H2,1-3H3,(H,16,18)/t12-/m1/s1. The lowest BCUT2D eigenvalue weighted by Crippen LogP contribution is -2.42. The van der Waals surface area contributed by atoms with Gasteiger partial charge in [0.25, 0.3) is 0 Å². The fraction of sp³-hybridized carbons (Fsp3) is 0.500. The Morgan fingerprint density at radius 1 is 1.37 bits per heavy atom. The second-order valence-electron chi connectivity index (χ2n) is 5.36. The lowest BCUT2D eigenvalue weighted by atomic mass is 10.1. The predicted molar refractivity (Wildman–Crippen MR) is 75.4 cm³/mol. The number of benzene rings is 1. The number of hydrogen-bond acceptors (Lipinski definition) is 3. The number of nitrogens with one attached hydrogen (secondary N) is 1. The van der Waals surface area contributed by atoms with E-state index in [0.717, 1.165) is 5.56 Å². The van der Waals surface area contributed by atoms with E-state index in [9.17, 15) is 9.90 Å². The van der Waals surface area contributed by atoms with Crippen molar-refractivity contribution in [3.8, 4) is 0 Å². The second-order valence-corrected chi connectivity index (χ2v) is 5.79. The normalized spacial score (nSPS) is 12.9. The first-order valence-corrected chi connectivity index (χ1v) is 6.53. The van der Waals surface area contributed by atoms with E-state index in [1.54, 1.807) is 32.9 Å². The SMILES string of the molecule is CC(C)(C)OC(=O)N[C@@H](CO)Cc1ccc(Cl)cc1. The summed E-state index contributed by atoms with van der Waals surface area (Å²) in [5.41, 5.74) is 0.434. The van der Waals surface area contributed by atoms with Crippen LogP contribution < -0.4 is 5.32 Å². The van der Waals surface area contributed by atoms with Gasteiger partial charge in [-0.1, -0.05) is 23.7 Å². The predicted octanol–water partition coefficient (Wildman–Crippen LogP) is 2.77. The van der Waals surface area contributed by atoms with Crippen LogP contribution in [-0.4, -0.2) is 29.4 Å². The summed E-state index contributed by atoms with van der Waals surface area (Å²) < 4.78 is 5.14. The first kappa shape index (κ1) is 15.8. The summed E-state index contributed by atoms with van der Waals surface area (Å²) in [6.07, 6.45) is -0.00656. The van der Waals surface area contributed by atoms with E-state index in [-0.39, 0.29) is 12.6 Å². The van der Waals surface area contributed by atoms with Crippen molar-refractivity contribution in [2.75, 3.05) is 6.61 Å². The average molecular weight is 286 g/mol. The molecule has 1 aromatic rings. The molecule has 4 nitrogen and oxygen atoms in total. The van der Waals surface area contributed by atoms with Gasteiger partial charge in [-0.2, -0.15) is 0 Å². The van der Waals surface area contributed by atoms with Crippen LogP contribution in [0.4, 0.5) is 4.79 Å². The maximum absolute atomic E-state index is 11.6. The molecular formula is C14H20ClNO3. The Labute approximate surface area is 118 Å². The van der Waals surface area contributed by atoms with Crippen LogP contribution >= 0.6 is 11.6 Å². The Morgan fingerprint density at radius 3 is 2.42 bits per heavy atom. The zero-order valence-corrected chi connectivity index (χ0v) is 12.2. The molecule has 1 atom stereocenters. The third-order valence-corrected chi connectivity index (χ3v) is 2.59. The molecule has 0 aliphatic rings. The molecule has 0 fully saturated rings. The molecule has 5 heteroatoms. The minimum absolute atomic E-state index is 0.151. The van der Waals surface area contributed by atoms with Crippen molar-refractivity contribution < 1.29 is 14.6 Å². The Balaban J connectivity index is 2.54. The third-order valence-electron chi connectivity index (χ3n) is 2.34. The van der Waals surface area contributed by atoms with Crippen molar-refractivity contribution in [1.29, 1.82) is 0 Å². The van der Waals surface area contributed by atoms with Crippen molar-refractivity contribution in [3.05, 3.63) is 34.9 Å². The first-order valence-electron chi connectivity index (χ1n) is 6.15. The number of halogens is 1. The maximum atomic E-state index is 11.6. The van der Waals surface area contributed by atoms with Crippen LogP contribution in [0.3, 0.4) is 0 Å². The molecule has 106 valence electrons. The highest BCUT2D eigenvalue weighted by Gasteiger charge is 2.19. The molecule has 0 heterocycles. The van der Waals surface area contributed by atoms with Gasteiger partial charge in [0.05, 0.1) is 12.6 Å². The topological polar surface area (TPSA) is 58.6 Å². The second kappa shape index (κ2) is 6.78. The Kier molecular flexibility index (Phi) is 5.63. The Bertz CT molecular complexity index is 412. The van der Waals surface area contributed by atoms with Crippen LogP contribution in [0.1, 0.15) is 26.3 Å². The van der Waals surface area contributed by atoms with Gasteiger partial charge in [-0.15, -0.1) is 0 Å². The van der Waals surface area contributed by atoms with Crippen LogP contribution in [0.25, 0.3) is 0 Å². The summed E-state index contributed by atoms with van der Waals surface area (Å²) in [4.78, 5) is 11.6. The molecule has 0 aliphatic heterocycles. The number of rotatable bonds is 4. The van der Waals surface area contributed by atoms with Crippen LogP contribution in [0.5, 0.6) is 0 Å². The molecule has 1 aromatic carbocycles. The third kappa shape index (κ3) is 6.45. The van der Waals surface area contributed by atoms with E-state index in [4.69, 9.17) is 16.3 Å². The Morgan fingerprint density at radius 2 is 1.95 bits per heavy atom. The van der Waals surface area contributed by atoms with E-state index in [0.29, 0.717) is 11.4 Å². The minimum atomic E-state index is -0.551. The zero-order chi connectivity index (χ0) is 14.5. The highest BCUT2D eigenvalue weighted by atomic mass is 35.5. The van der Waals surface area contributed by atoms with Crippen LogP contribution in [0.15, 0.2) is 24.3 Å². The number of aliphatic hydroxyl groups is 1.